The quantitative estimate of drug-likeness (QED) is 0.514. The van der Waals surface area contributed by atoms with Gasteiger partial charge in [0, 0.05) is 12.5 Å². The van der Waals surface area contributed by atoms with Gasteiger partial charge in [0.1, 0.15) is 10.6 Å². The number of benzene rings is 3. The van der Waals surface area contributed by atoms with Crippen molar-refractivity contribution in [2.75, 3.05) is 18.4 Å². The van der Waals surface area contributed by atoms with E-state index in [4.69, 9.17) is 16.3 Å². The molecule has 0 aliphatic carbocycles. The summed E-state index contributed by atoms with van der Waals surface area (Å²) in [6.07, 6.45) is 0.729. The van der Waals surface area contributed by atoms with Crippen molar-refractivity contribution in [3.8, 4) is 5.75 Å². The van der Waals surface area contributed by atoms with Gasteiger partial charge in [0.25, 0.3) is 10.0 Å². The van der Waals surface area contributed by atoms with Gasteiger partial charge in [0.05, 0.1) is 30.0 Å². The predicted octanol–water partition coefficient (Wildman–Crippen LogP) is 4.55. The molecular weight excluding hydrogens is 426 g/mol. The van der Waals surface area contributed by atoms with Gasteiger partial charge in [-0.1, -0.05) is 48.0 Å². The smallest absolute Gasteiger partial charge is 0.337 e. The van der Waals surface area contributed by atoms with E-state index in [1.807, 2.05) is 30.3 Å². The topological polar surface area (TPSA) is 81.7 Å². The monoisotopic (exact) mass is 445 g/mol. The molecule has 0 saturated carbocycles. The lowest BCUT2D eigenvalue weighted by Gasteiger charge is -2.12. The van der Waals surface area contributed by atoms with Crippen LogP contribution in [0.5, 0.6) is 5.75 Å². The zero-order valence-electron chi connectivity index (χ0n) is 16.2. The van der Waals surface area contributed by atoms with Crippen molar-refractivity contribution < 1.29 is 22.7 Å². The second-order valence-electron chi connectivity index (χ2n) is 6.35. The second-order valence-corrected chi connectivity index (χ2v) is 8.41. The molecule has 3 rings (SSSR count). The Morgan fingerprint density at radius 2 is 1.77 bits per heavy atom. The number of sulfonamides is 1. The molecule has 8 heteroatoms. The van der Waals surface area contributed by atoms with Crippen LogP contribution in [0.2, 0.25) is 5.02 Å². The lowest BCUT2D eigenvalue weighted by molar-refractivity contribution is 0.0600. The number of carbonyl (C=O) groups excluding carboxylic acids is 1. The highest BCUT2D eigenvalue weighted by Gasteiger charge is 2.21. The van der Waals surface area contributed by atoms with Crippen LogP contribution >= 0.6 is 11.6 Å². The summed E-state index contributed by atoms with van der Waals surface area (Å²) in [7, 11) is -2.82. The van der Waals surface area contributed by atoms with Crippen LogP contribution < -0.4 is 9.46 Å². The molecule has 3 aromatic carbocycles. The second kappa shape index (κ2) is 9.65. The molecule has 0 radical (unpaired) electrons. The first-order valence-corrected chi connectivity index (χ1v) is 10.9. The van der Waals surface area contributed by atoms with Crippen molar-refractivity contribution in [2.45, 2.75) is 11.3 Å². The molecule has 0 spiro atoms. The maximum atomic E-state index is 12.8. The molecule has 0 aliphatic heterocycles. The number of hydrogen-bond donors (Lipinski definition) is 1. The van der Waals surface area contributed by atoms with Gasteiger partial charge in [0.2, 0.25) is 0 Å². The standard InChI is InChI=1S/C22H20ClNO5S/c1-28-22(25)17-10-11-20(23)21(14-17)30(26,27)24-18-8-5-9-19(15-18)29-13-12-16-6-3-2-4-7-16/h2-11,14-15,24H,12-13H2,1H3. The molecule has 30 heavy (non-hydrogen) atoms. The molecule has 0 bridgehead atoms. The maximum absolute atomic E-state index is 12.8. The predicted molar refractivity (Wildman–Crippen MR) is 116 cm³/mol. The summed E-state index contributed by atoms with van der Waals surface area (Å²) in [6.45, 7) is 0.452. The molecule has 0 saturated heterocycles. The molecule has 0 heterocycles. The van der Waals surface area contributed by atoms with Gasteiger partial charge in [-0.2, -0.15) is 0 Å². The third-order valence-corrected chi connectivity index (χ3v) is 6.09. The van der Waals surface area contributed by atoms with Crippen molar-refractivity contribution in [1.82, 2.24) is 0 Å². The minimum atomic E-state index is -4.03. The lowest BCUT2D eigenvalue weighted by atomic mass is 10.2. The molecule has 3 aromatic rings. The third-order valence-electron chi connectivity index (χ3n) is 4.23. The highest BCUT2D eigenvalue weighted by atomic mass is 35.5. The zero-order valence-corrected chi connectivity index (χ0v) is 17.7. The number of methoxy groups -OCH3 is 1. The summed E-state index contributed by atoms with van der Waals surface area (Å²) < 4.78 is 38.4. The molecule has 0 aromatic heterocycles. The number of halogens is 1. The van der Waals surface area contributed by atoms with Crippen LogP contribution in [0, 0.1) is 0 Å². The summed E-state index contributed by atoms with van der Waals surface area (Å²) in [5.41, 5.74) is 1.54. The van der Waals surface area contributed by atoms with Crippen LogP contribution in [-0.4, -0.2) is 28.1 Å². The first-order valence-electron chi connectivity index (χ1n) is 9.06. The van der Waals surface area contributed by atoms with Crippen molar-refractivity contribution in [2.24, 2.45) is 0 Å². The van der Waals surface area contributed by atoms with Crippen molar-refractivity contribution in [3.63, 3.8) is 0 Å². The van der Waals surface area contributed by atoms with E-state index in [9.17, 15) is 13.2 Å². The SMILES string of the molecule is COC(=O)c1ccc(Cl)c(S(=O)(=O)Nc2cccc(OCCc3ccccc3)c2)c1. The van der Waals surface area contributed by atoms with Crippen LogP contribution in [-0.2, 0) is 21.2 Å². The molecule has 1 N–H and O–H groups in total. The minimum absolute atomic E-state index is 0.00887. The molecule has 156 valence electrons. The number of esters is 1. The Bertz CT molecular complexity index is 1130. The molecule has 0 unspecified atom stereocenters. The van der Waals surface area contributed by atoms with E-state index >= 15 is 0 Å². The molecule has 0 atom stereocenters. The fourth-order valence-electron chi connectivity index (χ4n) is 2.75. The van der Waals surface area contributed by atoms with E-state index < -0.39 is 16.0 Å². The van der Waals surface area contributed by atoms with Crippen LogP contribution in [0.15, 0.2) is 77.7 Å². The van der Waals surface area contributed by atoms with E-state index in [0.29, 0.717) is 18.0 Å². The van der Waals surface area contributed by atoms with Crippen molar-refractivity contribution >= 4 is 33.3 Å². The van der Waals surface area contributed by atoms with Gasteiger partial charge in [-0.05, 0) is 35.9 Å². The fraction of sp³-hybridized carbons (Fsp3) is 0.136. The minimum Gasteiger partial charge on any atom is -0.493 e. The average molecular weight is 446 g/mol. The normalized spacial score (nSPS) is 11.0. The number of rotatable bonds is 8. The Hall–Kier alpha value is -3.03. The van der Waals surface area contributed by atoms with Gasteiger partial charge in [-0.25, -0.2) is 13.2 Å². The zero-order chi connectivity index (χ0) is 21.6. The van der Waals surface area contributed by atoms with Gasteiger partial charge >= 0.3 is 5.97 Å². The van der Waals surface area contributed by atoms with E-state index in [2.05, 4.69) is 9.46 Å². The van der Waals surface area contributed by atoms with Crippen LogP contribution in [0.25, 0.3) is 0 Å². The Labute approximate surface area is 180 Å². The summed E-state index contributed by atoms with van der Waals surface area (Å²) in [5, 5.41) is -0.00887. The summed E-state index contributed by atoms with van der Waals surface area (Å²) in [5.74, 6) is -0.127. The fourth-order valence-corrected chi connectivity index (χ4v) is 4.32. The number of ether oxygens (including phenoxy) is 2. The largest absolute Gasteiger partial charge is 0.493 e. The van der Waals surface area contributed by atoms with Gasteiger partial charge < -0.3 is 9.47 Å². The molecule has 6 nitrogen and oxygen atoms in total. The van der Waals surface area contributed by atoms with Crippen LogP contribution in [0.4, 0.5) is 5.69 Å². The first kappa shape index (κ1) is 21.7. The summed E-state index contributed by atoms with van der Waals surface area (Å²) in [4.78, 5) is 11.5. The van der Waals surface area contributed by atoms with Crippen molar-refractivity contribution in [3.05, 3.63) is 88.9 Å². The van der Waals surface area contributed by atoms with Crippen molar-refractivity contribution in [1.29, 1.82) is 0 Å². The maximum Gasteiger partial charge on any atom is 0.337 e. The summed E-state index contributed by atoms with van der Waals surface area (Å²) in [6, 6.07) is 20.4. The lowest BCUT2D eigenvalue weighted by Crippen LogP contribution is -2.15. The van der Waals surface area contributed by atoms with Crippen LogP contribution in [0.3, 0.4) is 0 Å². The molecule has 0 amide bonds. The Morgan fingerprint density at radius 1 is 1.00 bits per heavy atom. The number of anilines is 1. The van der Waals surface area contributed by atoms with E-state index in [1.165, 1.54) is 25.3 Å². The third kappa shape index (κ3) is 5.52. The number of carbonyl (C=O) groups is 1. The molecule has 0 fully saturated rings. The first-order chi connectivity index (χ1) is 14.4. The Balaban J connectivity index is 1.72. The van der Waals surface area contributed by atoms with Gasteiger partial charge in [0.15, 0.2) is 0 Å². The van der Waals surface area contributed by atoms with E-state index in [-0.39, 0.29) is 15.5 Å². The average Bonchev–Trinajstić information content (AvgIpc) is 2.74. The Morgan fingerprint density at radius 3 is 2.50 bits per heavy atom. The Kier molecular flexibility index (Phi) is 6.97. The highest BCUT2D eigenvalue weighted by Crippen LogP contribution is 2.26. The van der Waals surface area contributed by atoms with Crippen LogP contribution in [0.1, 0.15) is 15.9 Å². The molecular formula is C22H20ClNO5S. The molecule has 0 aliphatic rings. The number of nitrogens with one attached hydrogen (secondary N) is 1. The summed E-state index contributed by atoms with van der Waals surface area (Å²) >= 11 is 6.06. The highest BCUT2D eigenvalue weighted by molar-refractivity contribution is 7.92. The van der Waals surface area contributed by atoms with Gasteiger partial charge in [-0.15, -0.1) is 0 Å². The van der Waals surface area contributed by atoms with E-state index in [0.717, 1.165) is 12.0 Å². The number of hydrogen-bond acceptors (Lipinski definition) is 5. The van der Waals surface area contributed by atoms with Gasteiger partial charge in [-0.3, -0.25) is 4.72 Å². The van der Waals surface area contributed by atoms with E-state index in [1.54, 1.807) is 24.3 Å².